The van der Waals surface area contributed by atoms with Crippen LogP contribution >= 0.6 is 16.8 Å². The quantitative estimate of drug-likeness (QED) is 0.0905. The molecule has 0 aliphatic heterocycles. The third kappa shape index (κ3) is 13.2. The van der Waals surface area contributed by atoms with Crippen LogP contribution in [-0.4, -0.2) is 11.3 Å². The van der Waals surface area contributed by atoms with E-state index in [0.29, 0.717) is 11.3 Å². The van der Waals surface area contributed by atoms with Crippen LogP contribution in [0, 0.1) is 12.8 Å². The largest absolute Gasteiger partial charge is 2.00 e. The van der Waals surface area contributed by atoms with E-state index < -0.39 is 16.8 Å². The predicted molar refractivity (Wildman–Crippen MR) is 241 cm³/mol. The Hall–Kier alpha value is -2.54. The van der Waals surface area contributed by atoms with Crippen molar-refractivity contribution >= 4 is 16.8 Å². The average Bonchev–Trinajstić information content (AvgIpc) is 3.87. The molecule has 4 aromatic carbocycles. The molecular weight excluding hydrogens is 782 g/mol. The van der Waals surface area contributed by atoms with Crippen molar-refractivity contribution in [1.29, 1.82) is 0 Å². The Balaban J connectivity index is 0.000000248. The van der Waals surface area contributed by atoms with Crippen molar-refractivity contribution in [2.45, 2.75) is 155 Å². The minimum atomic E-state index is -1.07. The standard InChI is InChI=1S/2C25H34O2P.Fe/c2*1-24(2,3)20-15-9-11-17-22(20)26-28(19-13-7-8-14-19)27-23-18-12-10-16-21(23)25(4,5)6;/h2*7,9-12,15-19H,8,13-14H2,1-6H3;/q2*-1;+2. The van der Waals surface area contributed by atoms with Gasteiger partial charge < -0.3 is 30.9 Å². The van der Waals surface area contributed by atoms with Crippen molar-refractivity contribution in [1.82, 2.24) is 0 Å². The fraction of sp³-hybridized carbons (Fsp3) is 0.480. The zero-order valence-electron chi connectivity index (χ0n) is 36.7. The SMILES string of the molecule is CC(C)(C)c1ccccc1OP(Oc1ccccc1C(C)(C)C)C1C[CH-]CC1.CC(C)(C)c1ccccc1OP(Oc1ccccc1C(C)(C)C)C1C[CH-]CC1.[Fe+2]. The van der Waals surface area contributed by atoms with Gasteiger partial charge in [0.05, 0.1) is 0 Å². The number of para-hydroxylation sites is 4. The maximum atomic E-state index is 6.65. The summed E-state index contributed by atoms with van der Waals surface area (Å²) in [6.07, 6.45) is 11.5. The molecule has 0 amide bonds. The third-order valence-electron chi connectivity index (χ3n) is 10.4. The maximum Gasteiger partial charge on any atom is 2.00 e. The van der Waals surface area contributed by atoms with Gasteiger partial charge in [0.25, 0.3) is 16.8 Å². The summed E-state index contributed by atoms with van der Waals surface area (Å²) in [4.78, 5) is 0. The van der Waals surface area contributed by atoms with Gasteiger partial charge in [-0.25, -0.2) is 0 Å². The number of hydrogen-bond donors (Lipinski definition) is 0. The summed E-state index contributed by atoms with van der Waals surface area (Å²) in [5.41, 5.74) is 5.94. The number of rotatable bonds is 10. The van der Waals surface area contributed by atoms with Crippen molar-refractivity contribution in [2.75, 3.05) is 0 Å². The molecule has 2 unspecified atom stereocenters. The van der Waals surface area contributed by atoms with Crippen LogP contribution < -0.4 is 18.1 Å². The number of hydrogen-bond acceptors (Lipinski definition) is 4. The molecule has 0 heterocycles. The van der Waals surface area contributed by atoms with Crippen molar-refractivity contribution in [2.24, 2.45) is 0 Å². The molecule has 2 atom stereocenters. The average molecular weight is 851 g/mol. The molecule has 0 saturated heterocycles. The molecule has 2 aliphatic rings. The molecule has 0 radical (unpaired) electrons. The van der Waals surface area contributed by atoms with Gasteiger partial charge in [0.15, 0.2) is 0 Å². The molecule has 0 spiro atoms. The summed E-state index contributed by atoms with van der Waals surface area (Å²) in [6, 6.07) is 33.7. The monoisotopic (exact) mass is 850 g/mol. The predicted octanol–water partition coefficient (Wildman–Crippen LogP) is 15.6. The summed E-state index contributed by atoms with van der Waals surface area (Å²) in [7, 11) is -2.14. The van der Waals surface area contributed by atoms with E-state index in [1.807, 2.05) is 0 Å². The maximum absolute atomic E-state index is 6.65. The minimum absolute atomic E-state index is 0. The van der Waals surface area contributed by atoms with Crippen LogP contribution in [0.25, 0.3) is 0 Å². The molecule has 4 aromatic rings. The molecule has 310 valence electrons. The van der Waals surface area contributed by atoms with Crippen LogP contribution in [0.4, 0.5) is 0 Å². The Kier molecular flexibility index (Phi) is 16.7. The van der Waals surface area contributed by atoms with Gasteiger partial charge in [0, 0.05) is 11.3 Å². The molecule has 57 heavy (non-hydrogen) atoms. The zero-order chi connectivity index (χ0) is 40.7. The third-order valence-corrected chi connectivity index (χ3v) is 14.1. The Morgan fingerprint density at radius 3 is 0.825 bits per heavy atom. The summed E-state index contributed by atoms with van der Waals surface area (Å²) in [6.45, 7) is 26.8. The van der Waals surface area contributed by atoms with E-state index >= 15 is 0 Å². The molecule has 0 bridgehead atoms. The molecule has 0 aromatic heterocycles. The second-order valence-electron chi connectivity index (χ2n) is 19.4. The van der Waals surface area contributed by atoms with E-state index in [0.717, 1.165) is 61.5 Å². The molecule has 4 nitrogen and oxygen atoms in total. The van der Waals surface area contributed by atoms with E-state index in [4.69, 9.17) is 18.1 Å². The van der Waals surface area contributed by atoms with Crippen molar-refractivity contribution in [3.8, 4) is 23.0 Å². The van der Waals surface area contributed by atoms with E-state index in [-0.39, 0.29) is 38.7 Å². The smallest absolute Gasteiger partial charge is 0.438 e. The van der Waals surface area contributed by atoms with Crippen LogP contribution in [0.5, 0.6) is 23.0 Å². The second kappa shape index (κ2) is 20.1. The van der Waals surface area contributed by atoms with Gasteiger partial charge in [-0.3, -0.25) is 0 Å². The van der Waals surface area contributed by atoms with Gasteiger partial charge in [-0.05, 0) is 68.2 Å². The molecule has 2 fully saturated rings. The molecule has 6 rings (SSSR count). The van der Waals surface area contributed by atoms with Crippen LogP contribution in [0.15, 0.2) is 97.1 Å². The van der Waals surface area contributed by atoms with E-state index in [2.05, 4.69) is 193 Å². The van der Waals surface area contributed by atoms with Crippen molar-refractivity contribution < 1.29 is 35.2 Å². The fourth-order valence-corrected chi connectivity index (χ4v) is 10.7. The topological polar surface area (TPSA) is 36.9 Å². The van der Waals surface area contributed by atoms with Crippen LogP contribution in [0.1, 0.15) is 144 Å². The second-order valence-corrected chi connectivity index (χ2v) is 22.8. The van der Waals surface area contributed by atoms with Crippen LogP contribution in [0.3, 0.4) is 0 Å². The molecular formula is C50H68FeO4P2. The van der Waals surface area contributed by atoms with Gasteiger partial charge in [-0.15, -0.1) is 0 Å². The van der Waals surface area contributed by atoms with Gasteiger partial charge in [-0.1, -0.05) is 169 Å². The molecule has 2 saturated carbocycles. The molecule has 2 aliphatic carbocycles. The van der Waals surface area contributed by atoms with Gasteiger partial charge in [-0.2, -0.15) is 25.7 Å². The minimum Gasteiger partial charge on any atom is -0.438 e. The van der Waals surface area contributed by atoms with E-state index in [1.165, 1.54) is 22.3 Å². The van der Waals surface area contributed by atoms with Gasteiger partial charge in [0.2, 0.25) is 0 Å². The Morgan fingerprint density at radius 1 is 0.404 bits per heavy atom. The Morgan fingerprint density at radius 2 is 0.632 bits per heavy atom. The van der Waals surface area contributed by atoms with Crippen molar-refractivity contribution in [3.63, 3.8) is 0 Å². The summed E-state index contributed by atoms with van der Waals surface area (Å²) >= 11 is 0. The first-order valence-corrected chi connectivity index (χ1v) is 23.1. The van der Waals surface area contributed by atoms with Crippen LogP contribution in [0.2, 0.25) is 0 Å². The fourth-order valence-electron chi connectivity index (χ4n) is 7.25. The summed E-state index contributed by atoms with van der Waals surface area (Å²) in [5, 5.41) is 0. The normalized spacial score (nSPS) is 17.4. The van der Waals surface area contributed by atoms with Crippen LogP contribution in [-0.2, 0) is 38.7 Å². The van der Waals surface area contributed by atoms with E-state index in [9.17, 15) is 0 Å². The first-order chi connectivity index (χ1) is 26.3. The first kappa shape index (κ1) is 47.1. The Bertz CT molecular complexity index is 1580. The molecule has 0 N–H and O–H groups in total. The summed E-state index contributed by atoms with van der Waals surface area (Å²) < 4.78 is 26.6. The summed E-state index contributed by atoms with van der Waals surface area (Å²) in [5.74, 6) is 3.84. The number of benzene rings is 4. The first-order valence-electron chi connectivity index (χ1n) is 20.6. The zero-order valence-corrected chi connectivity index (χ0v) is 39.6. The van der Waals surface area contributed by atoms with E-state index in [1.54, 1.807) is 0 Å². The Labute approximate surface area is 359 Å². The molecule has 7 heteroatoms. The van der Waals surface area contributed by atoms with Crippen molar-refractivity contribution in [3.05, 3.63) is 132 Å². The van der Waals surface area contributed by atoms with Gasteiger partial charge >= 0.3 is 17.1 Å². The van der Waals surface area contributed by atoms with Gasteiger partial charge in [0.1, 0.15) is 23.0 Å².